The van der Waals surface area contributed by atoms with E-state index in [1.165, 1.54) is 251 Å². The molecule has 0 bridgehead atoms. The van der Waals surface area contributed by atoms with E-state index in [9.17, 15) is 0 Å². The zero-order chi connectivity index (χ0) is 66.0. The van der Waals surface area contributed by atoms with E-state index < -0.39 is 10.8 Å². The largest absolute Gasteiger partial charge is 0.172 e. The van der Waals surface area contributed by atoms with E-state index >= 15 is 0 Å². The molecule has 2 aliphatic rings. The Labute approximate surface area is 604 Å². The summed E-state index contributed by atoms with van der Waals surface area (Å²) in [6.07, 6.45) is 24.7. The Kier molecular flexibility index (Phi) is 20.0. The van der Waals surface area contributed by atoms with Gasteiger partial charge in [0.1, 0.15) is 11.0 Å². The van der Waals surface area contributed by atoms with E-state index in [1.807, 2.05) is 68.0 Å². The highest BCUT2D eigenvalue weighted by atomic mass is 32.1. The summed E-state index contributed by atoms with van der Waals surface area (Å²) >= 11 is 12.8. The maximum atomic E-state index is 4.97. The lowest BCUT2D eigenvalue weighted by Gasteiger charge is -2.35. The van der Waals surface area contributed by atoms with Crippen LogP contribution in [0.2, 0.25) is 0 Å². The second kappa shape index (κ2) is 29.3. The van der Waals surface area contributed by atoms with E-state index in [0.717, 1.165) is 47.8 Å². The summed E-state index contributed by atoms with van der Waals surface area (Å²) < 4.78 is 9.90. The highest BCUT2D eigenvalue weighted by Crippen LogP contribution is 2.66. The maximum Gasteiger partial charge on any atom is 0.114 e. The molecule has 15 rings (SSSR count). The molecule has 9 heteroatoms. The fourth-order valence-electron chi connectivity index (χ4n) is 15.8. The molecule has 0 amide bonds. The molecule has 0 unspecified atom stereocenters. The Balaban J connectivity index is 0.878. The molecule has 0 saturated heterocycles. The zero-order valence-electron chi connectivity index (χ0n) is 57.2. The number of fused-ring (bicyclic) bond motifs is 7. The van der Waals surface area contributed by atoms with Crippen LogP contribution in [0.3, 0.4) is 0 Å². The Bertz CT molecular complexity index is 4730. The van der Waals surface area contributed by atoms with Crippen LogP contribution in [0.4, 0.5) is 0 Å². The fraction of sp³-hybridized carbons (Fsp3) is 0.318. The van der Waals surface area contributed by atoms with Crippen LogP contribution in [0.1, 0.15) is 207 Å². The van der Waals surface area contributed by atoms with Gasteiger partial charge in [-0.2, -0.15) is 8.75 Å². The van der Waals surface area contributed by atoms with Gasteiger partial charge in [0.05, 0.1) is 22.6 Å². The number of aryl methyl sites for hydroxylation is 6. The molecule has 0 spiro atoms. The van der Waals surface area contributed by atoms with Crippen molar-refractivity contribution in [1.29, 1.82) is 0 Å². The summed E-state index contributed by atoms with van der Waals surface area (Å²) in [5, 5.41) is 0. The number of hydrogen-bond donors (Lipinski definition) is 0. The SMILES string of the molecule is CCCCCCc1ccc(C2(c3ccc(CCCCCC)cc3)c3cc4c(cc3-c3sc(C)cc32)C(c2ccc(CCCCCC)cc2)(c2ccc(CCCCCC)cc2)c2cc(-c3ccc(-c5ccc(-c6ccc(-c7ccc(-c8ccc(C)s8)s7)c7nsnc67)s5)s3)sc2-4)cc1. The van der Waals surface area contributed by atoms with E-state index in [0.29, 0.717) is 0 Å². The van der Waals surface area contributed by atoms with Gasteiger partial charge in [0.25, 0.3) is 0 Å². The summed E-state index contributed by atoms with van der Waals surface area (Å²) in [7, 11) is 0. The van der Waals surface area contributed by atoms with Crippen molar-refractivity contribution in [1.82, 2.24) is 8.75 Å². The van der Waals surface area contributed by atoms with Crippen molar-refractivity contribution in [2.45, 2.75) is 181 Å². The molecule has 0 fully saturated rings. The zero-order valence-corrected chi connectivity index (χ0v) is 62.9. The number of nitrogens with zero attached hydrogens (tertiary/aromatic N) is 2. The molecule has 13 aromatic rings. The van der Waals surface area contributed by atoms with Crippen LogP contribution >= 0.6 is 79.7 Å². The first-order valence-corrected chi connectivity index (χ1v) is 41.8. The molecular weight excluding hydrogens is 1310 g/mol. The summed E-state index contributed by atoms with van der Waals surface area (Å²) in [5.41, 5.74) is 22.8. The van der Waals surface area contributed by atoms with Crippen molar-refractivity contribution in [3.63, 3.8) is 0 Å². The third-order valence-corrected chi connectivity index (χ3v) is 28.6. The third kappa shape index (κ3) is 12.6. The van der Waals surface area contributed by atoms with Crippen molar-refractivity contribution < 1.29 is 0 Å². The van der Waals surface area contributed by atoms with E-state index in [2.05, 4.69) is 224 Å². The molecule has 0 atom stereocenters. The number of unbranched alkanes of at least 4 members (excludes halogenated alkanes) is 12. The molecular formula is C88H88N2S7. The molecule has 492 valence electrons. The first kappa shape index (κ1) is 66.2. The molecule has 97 heavy (non-hydrogen) atoms. The Hall–Kier alpha value is -6.66. The van der Waals surface area contributed by atoms with Gasteiger partial charge in [-0.15, -0.1) is 68.0 Å². The van der Waals surface area contributed by atoms with Gasteiger partial charge in [0.2, 0.25) is 0 Å². The van der Waals surface area contributed by atoms with Crippen LogP contribution in [-0.4, -0.2) is 8.75 Å². The lowest BCUT2D eigenvalue weighted by Crippen LogP contribution is -2.30. The van der Waals surface area contributed by atoms with Crippen LogP contribution in [0.25, 0.3) is 82.1 Å². The normalized spacial score (nSPS) is 13.4. The van der Waals surface area contributed by atoms with Gasteiger partial charge >= 0.3 is 0 Å². The second-order valence-corrected chi connectivity index (χ2v) is 34.8. The molecule has 0 N–H and O–H groups in total. The molecule has 2 aliphatic carbocycles. The number of aromatic nitrogens is 2. The third-order valence-electron chi connectivity index (χ3n) is 20.9. The van der Waals surface area contributed by atoms with Gasteiger partial charge in [-0.05, 0) is 216 Å². The summed E-state index contributed by atoms with van der Waals surface area (Å²) in [6.45, 7) is 13.8. The molecule has 0 saturated carbocycles. The van der Waals surface area contributed by atoms with Crippen LogP contribution in [0.15, 0.2) is 182 Å². The van der Waals surface area contributed by atoms with Gasteiger partial charge in [-0.3, -0.25) is 0 Å². The van der Waals surface area contributed by atoms with Crippen LogP contribution < -0.4 is 0 Å². The first-order valence-electron chi connectivity index (χ1n) is 36.2. The van der Waals surface area contributed by atoms with Crippen molar-refractivity contribution in [3.8, 4) is 71.0 Å². The van der Waals surface area contributed by atoms with E-state index in [1.54, 1.807) is 0 Å². The quantitative estimate of drug-likeness (QED) is 0.0437. The Morgan fingerprint density at radius 1 is 0.268 bits per heavy atom. The molecule has 7 aromatic heterocycles. The highest BCUT2D eigenvalue weighted by molar-refractivity contribution is 7.28. The van der Waals surface area contributed by atoms with E-state index in [-0.39, 0.29) is 0 Å². The minimum atomic E-state index is -0.574. The average Bonchev–Trinajstić information content (AvgIpc) is 1.51. The summed E-state index contributed by atoms with van der Waals surface area (Å²) in [4.78, 5) is 15.8. The van der Waals surface area contributed by atoms with Gasteiger partial charge in [0.15, 0.2) is 0 Å². The lowest BCUT2D eigenvalue weighted by atomic mass is 9.65. The predicted molar refractivity (Wildman–Crippen MR) is 427 cm³/mol. The van der Waals surface area contributed by atoms with Gasteiger partial charge in [-0.1, -0.05) is 214 Å². The molecule has 0 radical (unpaired) electrons. The lowest BCUT2D eigenvalue weighted by molar-refractivity contribution is 0.666. The van der Waals surface area contributed by atoms with Crippen LogP contribution in [0.5, 0.6) is 0 Å². The van der Waals surface area contributed by atoms with Crippen molar-refractivity contribution in [3.05, 3.63) is 259 Å². The summed E-state index contributed by atoms with van der Waals surface area (Å²) in [5.74, 6) is 0. The number of hydrogen-bond acceptors (Lipinski definition) is 9. The second-order valence-electron chi connectivity index (χ2n) is 27.5. The standard InChI is InChI=1S/C88H88N2S7/c1-7-11-15-19-23-59-28-36-63(37-29-59)87(64-38-30-60(31-39-64)24-20-16-12-8-2)71-55-70-72(54-69(71)85-73(87)53-58(6)92-85)88(65-40-32-61(33-41-65)25-21-17-13-9-3,66-42-34-62(35-43-66)26-22-18-14-10-4)74-56-82(96-86(70)74)81-52-51-80(95-81)79-50-48-76(94-79)68-45-44-67(83-84(68)90-97-89-83)75-47-49-78(93-75)77-46-27-57(5)91-77/h27-56H,7-26H2,1-6H3. The predicted octanol–water partition coefficient (Wildman–Crippen LogP) is 28.2. The van der Waals surface area contributed by atoms with Gasteiger partial charge in [-0.25, -0.2) is 0 Å². The smallest absolute Gasteiger partial charge is 0.114 e. The highest BCUT2D eigenvalue weighted by Gasteiger charge is 2.53. The average molecular weight is 1400 g/mol. The fourth-order valence-corrected chi connectivity index (χ4v) is 22.9. The van der Waals surface area contributed by atoms with E-state index in [4.69, 9.17) is 8.75 Å². The molecule has 6 aromatic carbocycles. The Morgan fingerprint density at radius 2 is 0.608 bits per heavy atom. The van der Waals surface area contributed by atoms with Crippen molar-refractivity contribution in [2.24, 2.45) is 0 Å². The number of thiophene rings is 6. The minimum Gasteiger partial charge on any atom is -0.172 e. The van der Waals surface area contributed by atoms with Crippen molar-refractivity contribution in [2.75, 3.05) is 0 Å². The van der Waals surface area contributed by atoms with Gasteiger partial charge < -0.3 is 0 Å². The van der Waals surface area contributed by atoms with Crippen LogP contribution in [-0.2, 0) is 36.5 Å². The monoisotopic (exact) mass is 1400 g/mol. The van der Waals surface area contributed by atoms with Crippen molar-refractivity contribution >= 4 is 90.8 Å². The minimum absolute atomic E-state index is 0.514. The van der Waals surface area contributed by atoms with Crippen LogP contribution in [0, 0.1) is 13.8 Å². The number of rotatable bonds is 29. The summed E-state index contributed by atoms with van der Waals surface area (Å²) in [6, 6.07) is 73.6. The van der Waals surface area contributed by atoms with Gasteiger partial charge in [0, 0.05) is 69.7 Å². The topological polar surface area (TPSA) is 25.8 Å². The number of benzene rings is 6. The molecule has 0 aliphatic heterocycles. The first-order chi connectivity index (χ1) is 47.7. The molecule has 7 heterocycles. The Morgan fingerprint density at radius 3 is 0.990 bits per heavy atom. The molecule has 2 nitrogen and oxygen atoms in total. The maximum absolute atomic E-state index is 4.97.